The zero-order valence-electron chi connectivity index (χ0n) is 31.2. The number of aliphatic carboxylic acids is 1. The molecule has 0 saturated carbocycles. The van der Waals surface area contributed by atoms with Gasteiger partial charge in [-0.2, -0.15) is 0 Å². The van der Waals surface area contributed by atoms with Gasteiger partial charge in [0.2, 0.25) is 11.8 Å². The van der Waals surface area contributed by atoms with Gasteiger partial charge in [-0.3, -0.25) is 24.1 Å². The van der Waals surface area contributed by atoms with Crippen LogP contribution < -0.4 is 10.6 Å². The summed E-state index contributed by atoms with van der Waals surface area (Å²) < 4.78 is 6.19. The number of thiazole rings is 1. The maximum atomic E-state index is 14.2. The number of carboxylic acid groups (broad SMARTS) is 1. The molecule has 1 saturated heterocycles. The van der Waals surface area contributed by atoms with E-state index in [0.29, 0.717) is 24.5 Å². The predicted molar refractivity (Wildman–Crippen MR) is 197 cm³/mol. The lowest BCUT2D eigenvalue weighted by molar-refractivity contribution is -0.141. The van der Waals surface area contributed by atoms with Crippen LogP contribution in [-0.2, 0) is 25.5 Å². The van der Waals surface area contributed by atoms with E-state index in [-0.39, 0.29) is 53.8 Å². The van der Waals surface area contributed by atoms with Crippen LogP contribution >= 0.6 is 11.3 Å². The molecular formula is C38H59N5O6S. The topological polar surface area (TPSA) is 141 Å². The summed E-state index contributed by atoms with van der Waals surface area (Å²) in [4.78, 5) is 61.2. The number of likely N-dealkylation sites (tertiary alicyclic amines) is 1. The lowest BCUT2D eigenvalue weighted by atomic mass is 9.92. The van der Waals surface area contributed by atoms with Crippen LogP contribution in [0.1, 0.15) is 107 Å². The molecule has 0 unspecified atom stereocenters. The third-order valence-electron chi connectivity index (χ3n) is 10.0. The Bertz CT molecular complexity index is 1390. The first-order valence-electron chi connectivity index (χ1n) is 18.2. The van der Waals surface area contributed by atoms with E-state index in [2.05, 4.69) is 29.4 Å². The zero-order valence-corrected chi connectivity index (χ0v) is 32.0. The van der Waals surface area contributed by atoms with Crippen LogP contribution in [0.15, 0.2) is 35.7 Å². The van der Waals surface area contributed by atoms with Gasteiger partial charge in [0.25, 0.3) is 5.91 Å². The van der Waals surface area contributed by atoms with Crippen LogP contribution in [0.4, 0.5) is 0 Å². The average Bonchev–Trinajstić information content (AvgIpc) is 3.59. The van der Waals surface area contributed by atoms with Gasteiger partial charge in [-0.15, -0.1) is 11.3 Å². The van der Waals surface area contributed by atoms with Crippen molar-refractivity contribution in [2.45, 2.75) is 117 Å². The number of piperidine rings is 1. The number of likely N-dealkylation sites (N-methyl/N-ethyl adjacent to an activating group) is 2. The molecule has 0 bridgehead atoms. The van der Waals surface area contributed by atoms with E-state index in [0.717, 1.165) is 37.8 Å². The Balaban J connectivity index is 1.77. The molecule has 3 N–H and O–H groups in total. The second-order valence-electron chi connectivity index (χ2n) is 14.2. The zero-order chi connectivity index (χ0) is 37.0. The fourth-order valence-corrected chi connectivity index (χ4v) is 7.54. The number of ether oxygens (including phenoxy) is 1. The first-order chi connectivity index (χ1) is 23.8. The minimum atomic E-state index is -0.911. The molecule has 11 nitrogen and oxygen atoms in total. The van der Waals surface area contributed by atoms with Crippen LogP contribution in [-0.4, -0.2) is 95.0 Å². The van der Waals surface area contributed by atoms with Gasteiger partial charge < -0.3 is 25.4 Å². The molecule has 1 aliphatic rings. The molecule has 0 aliphatic carbocycles. The molecule has 1 aliphatic heterocycles. The van der Waals surface area contributed by atoms with E-state index in [9.17, 15) is 24.3 Å². The second kappa shape index (κ2) is 19.9. The van der Waals surface area contributed by atoms with Crippen molar-refractivity contribution in [1.82, 2.24) is 25.4 Å². The van der Waals surface area contributed by atoms with E-state index < -0.39 is 30.1 Å². The Kier molecular flexibility index (Phi) is 16.3. The molecule has 2 aromatic rings. The highest BCUT2D eigenvalue weighted by molar-refractivity contribution is 7.09. The number of carboxylic acids is 1. The van der Waals surface area contributed by atoms with E-state index in [4.69, 9.17) is 9.72 Å². The minimum Gasteiger partial charge on any atom is -0.481 e. The number of nitrogens with one attached hydrogen (secondary N) is 2. The third kappa shape index (κ3) is 11.6. The van der Waals surface area contributed by atoms with Crippen molar-refractivity contribution < 1.29 is 29.0 Å². The first-order valence-corrected chi connectivity index (χ1v) is 19.1. The molecule has 1 fully saturated rings. The van der Waals surface area contributed by atoms with Crippen LogP contribution in [0, 0.1) is 17.8 Å². The maximum Gasteiger partial charge on any atom is 0.306 e. The predicted octanol–water partition coefficient (Wildman–Crippen LogP) is 5.56. The minimum absolute atomic E-state index is 0.0532. The Morgan fingerprint density at radius 1 is 1.06 bits per heavy atom. The van der Waals surface area contributed by atoms with Gasteiger partial charge in [0, 0.05) is 37.5 Å². The van der Waals surface area contributed by atoms with Crippen molar-refractivity contribution in [3.63, 3.8) is 0 Å². The normalized spacial score (nSPS) is 18.8. The lowest BCUT2D eigenvalue weighted by Gasteiger charge is -2.38. The molecule has 0 radical (unpaired) electrons. The van der Waals surface area contributed by atoms with Crippen molar-refractivity contribution in [3.8, 4) is 0 Å². The number of carbonyl (C=O) groups excluding carboxylic acids is 3. The van der Waals surface area contributed by atoms with E-state index >= 15 is 0 Å². The van der Waals surface area contributed by atoms with E-state index in [1.54, 1.807) is 24.3 Å². The van der Waals surface area contributed by atoms with Gasteiger partial charge in [-0.1, -0.05) is 77.8 Å². The van der Waals surface area contributed by atoms with Crippen LogP contribution in [0.3, 0.4) is 0 Å². The molecule has 278 valence electrons. The molecule has 3 amide bonds. The quantitative estimate of drug-likeness (QED) is 0.172. The number of carbonyl (C=O) groups is 4. The second-order valence-corrected chi connectivity index (χ2v) is 15.1. The number of hydrogen-bond donors (Lipinski definition) is 3. The van der Waals surface area contributed by atoms with E-state index in [1.807, 2.05) is 58.2 Å². The smallest absolute Gasteiger partial charge is 0.306 e. The SMILES string of the molecule is CCO[C@H](C[C@H](C(C)C)N(C)C(=O)[C@@H](NC(=O)[C@H]1CCCCN1C)[C@@H](C)CC)c1nc(C(=O)N[C@@H](Cc2ccccc2)C[C@H](C)C(=O)O)cs1. The van der Waals surface area contributed by atoms with Crippen molar-refractivity contribution in [1.29, 1.82) is 0 Å². The monoisotopic (exact) mass is 713 g/mol. The molecule has 1 aromatic heterocycles. The summed E-state index contributed by atoms with van der Waals surface area (Å²) in [6.45, 7) is 13.0. The summed E-state index contributed by atoms with van der Waals surface area (Å²) >= 11 is 1.33. The Morgan fingerprint density at radius 3 is 2.36 bits per heavy atom. The summed E-state index contributed by atoms with van der Waals surface area (Å²) in [5, 5.41) is 18.0. The first kappa shape index (κ1) is 41.1. The number of nitrogens with zero attached hydrogens (tertiary/aromatic N) is 3. The molecule has 1 aromatic carbocycles. The molecule has 3 rings (SSSR count). The summed E-state index contributed by atoms with van der Waals surface area (Å²) in [7, 11) is 3.77. The van der Waals surface area contributed by atoms with Gasteiger partial charge >= 0.3 is 5.97 Å². The fraction of sp³-hybridized carbons (Fsp3) is 0.658. The van der Waals surface area contributed by atoms with Gasteiger partial charge in [-0.05, 0) is 63.6 Å². The number of rotatable bonds is 19. The van der Waals surface area contributed by atoms with Crippen LogP contribution in [0.25, 0.3) is 0 Å². The van der Waals surface area contributed by atoms with Gasteiger partial charge in [0.05, 0.1) is 12.0 Å². The number of amides is 3. The van der Waals surface area contributed by atoms with Gasteiger partial charge in [0.15, 0.2) is 0 Å². The molecular weight excluding hydrogens is 655 g/mol. The van der Waals surface area contributed by atoms with Crippen molar-refractivity contribution in [3.05, 3.63) is 52.0 Å². The van der Waals surface area contributed by atoms with Gasteiger partial charge in [-0.25, -0.2) is 4.98 Å². The highest BCUT2D eigenvalue weighted by Gasteiger charge is 2.37. The number of benzene rings is 1. The summed E-state index contributed by atoms with van der Waals surface area (Å²) in [6.07, 6.45) is 4.36. The highest BCUT2D eigenvalue weighted by atomic mass is 32.1. The van der Waals surface area contributed by atoms with Crippen molar-refractivity contribution >= 4 is 35.0 Å². The third-order valence-corrected chi connectivity index (χ3v) is 11.0. The van der Waals surface area contributed by atoms with Crippen molar-refractivity contribution in [2.24, 2.45) is 17.8 Å². The lowest BCUT2D eigenvalue weighted by Crippen LogP contribution is -2.58. The number of aromatic nitrogens is 1. The number of hydrogen-bond acceptors (Lipinski definition) is 8. The average molecular weight is 714 g/mol. The Labute approximate surface area is 302 Å². The van der Waals surface area contributed by atoms with Crippen LogP contribution in [0.2, 0.25) is 0 Å². The van der Waals surface area contributed by atoms with Crippen molar-refractivity contribution in [2.75, 3.05) is 27.2 Å². The Morgan fingerprint density at radius 2 is 1.76 bits per heavy atom. The van der Waals surface area contributed by atoms with Gasteiger partial charge in [0.1, 0.15) is 22.8 Å². The molecule has 0 spiro atoms. The molecule has 2 heterocycles. The maximum absolute atomic E-state index is 14.2. The standard InChI is InChI=1S/C38H59N5O6S/c1-9-25(5)33(41-35(45)30-18-14-15-19-42(30)7)37(46)43(8)31(24(3)4)22-32(49-10-2)36-40-29(23-50-36)34(44)39-28(20-26(6)38(47)48)21-27-16-12-11-13-17-27/h11-13,16-17,23-26,28,30-33H,9-10,14-15,18-22H2,1-8H3,(H,39,44)(H,41,45)(H,47,48)/t25-,26-,28+,30+,31+,32+,33-/m0/s1. The van der Waals surface area contributed by atoms with Crippen LogP contribution in [0.5, 0.6) is 0 Å². The molecule has 12 heteroatoms. The molecule has 7 atom stereocenters. The van der Waals surface area contributed by atoms with E-state index in [1.165, 1.54) is 11.3 Å². The Hall–Kier alpha value is -3.35. The largest absolute Gasteiger partial charge is 0.481 e. The molecule has 50 heavy (non-hydrogen) atoms. The highest BCUT2D eigenvalue weighted by Crippen LogP contribution is 2.31. The fourth-order valence-electron chi connectivity index (χ4n) is 6.68. The summed E-state index contributed by atoms with van der Waals surface area (Å²) in [5.74, 6) is -2.11. The summed E-state index contributed by atoms with van der Waals surface area (Å²) in [5.41, 5.74) is 1.24. The summed E-state index contributed by atoms with van der Waals surface area (Å²) in [6, 6.07) is 8.16.